The molecule has 6 heteroatoms. The molecule has 1 unspecified atom stereocenters. The average molecular weight is 290 g/mol. The summed E-state index contributed by atoms with van der Waals surface area (Å²) in [5.41, 5.74) is 13.9. The van der Waals surface area contributed by atoms with Crippen molar-refractivity contribution >= 4 is 23.4 Å². The molecular formula is C14H12ClN3O2. The number of esters is 1. The number of hydrogen-bond acceptors (Lipinski definition) is 5. The van der Waals surface area contributed by atoms with Gasteiger partial charge in [0, 0.05) is 22.7 Å². The first-order valence-electron chi connectivity index (χ1n) is 6.04. The van der Waals surface area contributed by atoms with Crippen molar-refractivity contribution in [2.24, 2.45) is 16.5 Å². The average Bonchev–Trinajstić information content (AvgIpc) is 2.79. The summed E-state index contributed by atoms with van der Waals surface area (Å²) >= 11 is 6.24. The largest absolute Gasteiger partial charge is 0.456 e. The number of benzene rings is 1. The number of carbonyl (C=O) groups excluding carboxylic acids is 1. The van der Waals surface area contributed by atoms with Crippen molar-refractivity contribution in [3.05, 3.63) is 57.9 Å². The van der Waals surface area contributed by atoms with Crippen LogP contribution in [0, 0.1) is 0 Å². The maximum atomic E-state index is 12.0. The predicted octanol–water partition coefficient (Wildman–Crippen LogP) is 1.45. The van der Waals surface area contributed by atoms with Crippen molar-refractivity contribution in [3.8, 4) is 0 Å². The van der Waals surface area contributed by atoms with Gasteiger partial charge in [0.05, 0.1) is 11.3 Å². The van der Waals surface area contributed by atoms with Gasteiger partial charge in [0.15, 0.2) is 0 Å². The van der Waals surface area contributed by atoms with Gasteiger partial charge < -0.3 is 16.2 Å². The van der Waals surface area contributed by atoms with Crippen molar-refractivity contribution in [1.82, 2.24) is 0 Å². The lowest BCUT2D eigenvalue weighted by Gasteiger charge is -2.24. The lowest BCUT2D eigenvalue weighted by Crippen LogP contribution is -2.27. The Morgan fingerprint density at radius 3 is 2.85 bits per heavy atom. The highest BCUT2D eigenvalue weighted by molar-refractivity contribution is 6.31. The minimum Gasteiger partial charge on any atom is -0.456 e. The lowest BCUT2D eigenvalue weighted by atomic mass is 9.82. The molecule has 2 heterocycles. The molecule has 1 aromatic carbocycles. The Labute approximate surface area is 120 Å². The van der Waals surface area contributed by atoms with Crippen molar-refractivity contribution in [2.75, 3.05) is 6.61 Å². The van der Waals surface area contributed by atoms with Gasteiger partial charge in [-0.25, -0.2) is 9.79 Å². The minimum absolute atomic E-state index is 0.133. The summed E-state index contributed by atoms with van der Waals surface area (Å²) in [5, 5.41) is 0.540. The van der Waals surface area contributed by atoms with Crippen LogP contribution in [0.1, 0.15) is 11.5 Å². The second-order valence-corrected chi connectivity index (χ2v) is 4.92. The van der Waals surface area contributed by atoms with Crippen molar-refractivity contribution in [1.29, 1.82) is 0 Å². The Morgan fingerprint density at radius 1 is 1.40 bits per heavy atom. The first-order valence-corrected chi connectivity index (χ1v) is 6.42. The van der Waals surface area contributed by atoms with Crippen molar-refractivity contribution < 1.29 is 9.53 Å². The molecule has 1 atom stereocenters. The third-order valence-corrected chi connectivity index (χ3v) is 3.76. The molecule has 0 aromatic heterocycles. The van der Waals surface area contributed by atoms with E-state index in [9.17, 15) is 4.79 Å². The molecular weight excluding hydrogens is 278 g/mol. The number of hydrogen-bond donors (Lipinski definition) is 2. The molecule has 4 N–H and O–H groups in total. The number of amidine groups is 1. The van der Waals surface area contributed by atoms with Crippen LogP contribution in [0.3, 0.4) is 0 Å². The monoisotopic (exact) mass is 289 g/mol. The van der Waals surface area contributed by atoms with E-state index in [4.69, 9.17) is 27.8 Å². The molecule has 2 aliphatic heterocycles. The van der Waals surface area contributed by atoms with Crippen LogP contribution in [0.4, 0.5) is 0 Å². The van der Waals surface area contributed by atoms with E-state index in [1.54, 1.807) is 6.07 Å². The van der Waals surface area contributed by atoms with Crippen LogP contribution in [0.5, 0.6) is 0 Å². The Balaban J connectivity index is 2.23. The first kappa shape index (κ1) is 12.7. The molecule has 0 amide bonds. The number of carbonyl (C=O) groups is 1. The molecule has 102 valence electrons. The van der Waals surface area contributed by atoms with Crippen LogP contribution >= 0.6 is 11.6 Å². The van der Waals surface area contributed by atoms with E-state index in [1.165, 1.54) is 6.20 Å². The van der Waals surface area contributed by atoms with E-state index in [0.717, 1.165) is 5.56 Å². The molecule has 0 bridgehead atoms. The molecule has 5 nitrogen and oxygen atoms in total. The standard InChI is InChI=1S/C14H12ClN3O2/c15-9-4-2-1-3-7(9)11-8(5-16)13(17)18-10-6-20-14(19)12(10)11/h1-5,11H,6,16H2,(H2,17,18)/b8-5-. The van der Waals surface area contributed by atoms with E-state index in [1.807, 2.05) is 18.2 Å². The summed E-state index contributed by atoms with van der Waals surface area (Å²) in [5.74, 6) is -0.550. The van der Waals surface area contributed by atoms with Gasteiger partial charge in [-0.1, -0.05) is 29.8 Å². The Hall–Kier alpha value is -2.27. The van der Waals surface area contributed by atoms with Crippen molar-refractivity contribution in [2.45, 2.75) is 5.92 Å². The van der Waals surface area contributed by atoms with Gasteiger partial charge in [0.2, 0.25) is 0 Å². The molecule has 3 rings (SSSR count). The maximum absolute atomic E-state index is 12.0. The molecule has 0 saturated heterocycles. The quantitative estimate of drug-likeness (QED) is 0.766. The van der Waals surface area contributed by atoms with Gasteiger partial charge >= 0.3 is 5.97 Å². The summed E-state index contributed by atoms with van der Waals surface area (Å²) in [7, 11) is 0. The van der Waals surface area contributed by atoms with E-state index >= 15 is 0 Å². The number of cyclic esters (lactones) is 1. The fourth-order valence-corrected chi connectivity index (χ4v) is 2.76. The maximum Gasteiger partial charge on any atom is 0.337 e. The van der Waals surface area contributed by atoms with Gasteiger partial charge in [-0.15, -0.1) is 0 Å². The van der Waals surface area contributed by atoms with Crippen LogP contribution in [0.2, 0.25) is 5.02 Å². The van der Waals surface area contributed by atoms with Crippen LogP contribution < -0.4 is 11.5 Å². The molecule has 0 fully saturated rings. The summed E-state index contributed by atoms with van der Waals surface area (Å²) < 4.78 is 5.05. The number of halogens is 1. The van der Waals surface area contributed by atoms with Gasteiger partial charge in [-0.3, -0.25) is 0 Å². The number of aliphatic imine (C=N–C) groups is 1. The molecule has 0 aliphatic carbocycles. The second kappa shape index (κ2) is 4.68. The van der Waals surface area contributed by atoms with Crippen LogP contribution in [-0.2, 0) is 9.53 Å². The summed E-state index contributed by atoms with van der Waals surface area (Å²) in [4.78, 5) is 16.2. The highest BCUT2D eigenvalue weighted by Crippen LogP contribution is 2.42. The SMILES string of the molecule is N/C=C1\C(N)=NC2=C(C(=O)OC2)C1c1ccccc1Cl. The zero-order valence-electron chi connectivity index (χ0n) is 10.5. The lowest BCUT2D eigenvalue weighted by molar-refractivity contribution is -0.136. The number of ether oxygens (including phenoxy) is 1. The number of nitrogens with two attached hydrogens (primary N) is 2. The van der Waals surface area contributed by atoms with Crippen LogP contribution in [0.25, 0.3) is 0 Å². The fourth-order valence-electron chi connectivity index (χ4n) is 2.51. The first-order chi connectivity index (χ1) is 9.63. The van der Waals surface area contributed by atoms with Gasteiger partial charge in [0.25, 0.3) is 0 Å². The zero-order valence-corrected chi connectivity index (χ0v) is 11.2. The van der Waals surface area contributed by atoms with Gasteiger partial charge in [0.1, 0.15) is 12.4 Å². The second-order valence-electron chi connectivity index (χ2n) is 4.51. The van der Waals surface area contributed by atoms with Crippen LogP contribution in [0.15, 0.2) is 52.3 Å². The summed E-state index contributed by atoms with van der Waals surface area (Å²) in [6.07, 6.45) is 1.36. The molecule has 0 radical (unpaired) electrons. The smallest absolute Gasteiger partial charge is 0.337 e. The van der Waals surface area contributed by atoms with Crippen molar-refractivity contribution in [3.63, 3.8) is 0 Å². The van der Waals surface area contributed by atoms with E-state index < -0.39 is 11.9 Å². The van der Waals surface area contributed by atoms with E-state index in [0.29, 0.717) is 21.9 Å². The van der Waals surface area contributed by atoms with E-state index in [2.05, 4.69) is 4.99 Å². The minimum atomic E-state index is -0.434. The third-order valence-electron chi connectivity index (χ3n) is 3.42. The van der Waals surface area contributed by atoms with Gasteiger partial charge in [-0.2, -0.15) is 0 Å². The molecule has 20 heavy (non-hydrogen) atoms. The normalized spacial score (nSPS) is 23.6. The topological polar surface area (TPSA) is 90.7 Å². The highest BCUT2D eigenvalue weighted by atomic mass is 35.5. The third kappa shape index (κ3) is 1.78. The Kier molecular flexibility index (Phi) is 2.99. The van der Waals surface area contributed by atoms with Crippen LogP contribution in [-0.4, -0.2) is 18.4 Å². The predicted molar refractivity (Wildman–Crippen MR) is 76.1 cm³/mol. The highest BCUT2D eigenvalue weighted by Gasteiger charge is 2.39. The van der Waals surface area contributed by atoms with E-state index in [-0.39, 0.29) is 12.4 Å². The summed E-state index contributed by atoms with van der Waals surface area (Å²) in [6.45, 7) is 0.133. The zero-order chi connectivity index (χ0) is 14.3. The molecule has 0 spiro atoms. The Morgan fingerprint density at radius 2 is 2.15 bits per heavy atom. The Bertz CT molecular complexity index is 691. The fraction of sp³-hybridized carbons (Fsp3) is 0.143. The molecule has 2 aliphatic rings. The van der Waals surface area contributed by atoms with Gasteiger partial charge in [-0.05, 0) is 11.6 Å². The molecule has 1 aromatic rings. The number of nitrogens with zero attached hydrogens (tertiary/aromatic N) is 1. The molecule has 0 saturated carbocycles. The number of rotatable bonds is 1. The summed E-state index contributed by atoms with van der Waals surface area (Å²) in [6, 6.07) is 7.26.